The summed E-state index contributed by atoms with van der Waals surface area (Å²) in [6.07, 6.45) is 2.57. The van der Waals surface area contributed by atoms with Crippen LogP contribution in [0.1, 0.15) is 52.5 Å². The van der Waals surface area contributed by atoms with E-state index in [0.717, 1.165) is 12.8 Å². The van der Waals surface area contributed by atoms with E-state index in [1.807, 2.05) is 13.8 Å². The first-order valence-corrected chi connectivity index (χ1v) is 8.39. The Balaban J connectivity index is 2.88. The number of nitrogens with zero attached hydrogens (tertiary/aromatic N) is 1. The van der Waals surface area contributed by atoms with Gasteiger partial charge < -0.3 is 14.8 Å². The van der Waals surface area contributed by atoms with E-state index >= 15 is 0 Å². The molecule has 5 nitrogen and oxygen atoms in total. The van der Waals surface area contributed by atoms with Gasteiger partial charge in [0.25, 0.3) is 5.91 Å². The molecule has 0 aliphatic carbocycles. The molecule has 0 radical (unpaired) electrons. The maximum absolute atomic E-state index is 12.5. The van der Waals surface area contributed by atoms with Crippen molar-refractivity contribution in [3.8, 4) is 11.8 Å². The number of benzene rings is 1. The van der Waals surface area contributed by atoms with Gasteiger partial charge in [-0.2, -0.15) is 5.26 Å². The minimum absolute atomic E-state index is 0.220. The van der Waals surface area contributed by atoms with Gasteiger partial charge in [-0.05, 0) is 43.9 Å². The van der Waals surface area contributed by atoms with Crippen LogP contribution >= 0.6 is 0 Å². The zero-order chi connectivity index (χ0) is 18.2. The first-order chi connectivity index (χ1) is 11.4. The number of hydrogen-bond donors (Lipinski definition) is 1. The van der Waals surface area contributed by atoms with Gasteiger partial charge in [0, 0.05) is 12.8 Å². The highest BCUT2D eigenvalue weighted by atomic mass is 16.5. The average Bonchev–Trinajstić information content (AvgIpc) is 2.55. The molecule has 0 saturated heterocycles. The molecule has 0 bridgehead atoms. The number of ether oxygens (including phenoxy) is 2. The van der Waals surface area contributed by atoms with Crippen molar-refractivity contribution in [1.29, 1.82) is 5.26 Å². The van der Waals surface area contributed by atoms with Crippen molar-refractivity contribution in [2.45, 2.75) is 52.6 Å². The van der Waals surface area contributed by atoms with Gasteiger partial charge in [0.1, 0.15) is 17.4 Å². The van der Waals surface area contributed by atoms with Crippen LogP contribution in [0.15, 0.2) is 18.2 Å². The molecule has 132 valence electrons. The summed E-state index contributed by atoms with van der Waals surface area (Å²) >= 11 is 0. The molecular formula is C19H28N2O3. The van der Waals surface area contributed by atoms with Crippen LogP contribution in [-0.2, 0) is 9.53 Å². The lowest BCUT2D eigenvalue weighted by Crippen LogP contribution is -2.43. The fourth-order valence-electron chi connectivity index (χ4n) is 2.46. The first-order valence-electron chi connectivity index (χ1n) is 8.39. The van der Waals surface area contributed by atoms with Gasteiger partial charge in [-0.1, -0.05) is 27.2 Å². The molecule has 0 unspecified atom stereocenters. The lowest BCUT2D eigenvalue weighted by Gasteiger charge is -2.28. The standard InChI is InChI=1S/C19H28N2O3/c1-6-7-10-24-17-9-8-16(11-15(17)13-20)21-18(22)19(4,23-5)12-14(2)3/h8-9,11,14H,6-7,10,12H2,1-5H3,(H,21,22)/t19-/m0/s1. The highest BCUT2D eigenvalue weighted by Crippen LogP contribution is 2.26. The Morgan fingerprint density at radius 3 is 2.67 bits per heavy atom. The number of methoxy groups -OCH3 is 1. The van der Waals surface area contributed by atoms with Crippen molar-refractivity contribution < 1.29 is 14.3 Å². The van der Waals surface area contributed by atoms with Gasteiger partial charge in [0.05, 0.1) is 12.2 Å². The molecule has 1 aromatic carbocycles. The second-order valence-corrected chi connectivity index (χ2v) is 6.51. The van der Waals surface area contributed by atoms with Crippen LogP contribution in [0.2, 0.25) is 0 Å². The quantitative estimate of drug-likeness (QED) is 0.690. The Bertz CT molecular complexity index is 593. The van der Waals surface area contributed by atoms with Gasteiger partial charge >= 0.3 is 0 Å². The summed E-state index contributed by atoms with van der Waals surface area (Å²) in [7, 11) is 1.54. The molecule has 5 heteroatoms. The fourth-order valence-corrected chi connectivity index (χ4v) is 2.46. The van der Waals surface area contributed by atoms with Crippen LogP contribution in [0.4, 0.5) is 5.69 Å². The van der Waals surface area contributed by atoms with Gasteiger partial charge in [0.2, 0.25) is 0 Å². The third kappa shape index (κ3) is 5.54. The van der Waals surface area contributed by atoms with Crippen molar-refractivity contribution >= 4 is 11.6 Å². The van der Waals surface area contributed by atoms with Crippen LogP contribution < -0.4 is 10.1 Å². The predicted octanol–water partition coefficient (Wildman–Crippen LogP) is 4.13. The van der Waals surface area contributed by atoms with Crippen LogP contribution in [0.5, 0.6) is 5.75 Å². The van der Waals surface area contributed by atoms with Crippen molar-refractivity contribution in [1.82, 2.24) is 0 Å². The van der Waals surface area contributed by atoms with Crippen LogP contribution in [0.25, 0.3) is 0 Å². The van der Waals surface area contributed by atoms with Gasteiger partial charge in [-0.15, -0.1) is 0 Å². The van der Waals surface area contributed by atoms with Crippen molar-refractivity contribution in [2.24, 2.45) is 5.92 Å². The Kier molecular flexibility index (Phi) is 7.73. The monoisotopic (exact) mass is 332 g/mol. The molecule has 1 aromatic rings. The second kappa shape index (κ2) is 9.29. The Labute approximate surface area is 145 Å². The van der Waals surface area contributed by atoms with E-state index in [9.17, 15) is 10.1 Å². The highest BCUT2D eigenvalue weighted by molar-refractivity contribution is 5.97. The molecule has 0 heterocycles. The molecule has 24 heavy (non-hydrogen) atoms. The molecule has 1 atom stereocenters. The maximum Gasteiger partial charge on any atom is 0.256 e. The molecule has 0 fully saturated rings. The molecule has 1 N–H and O–H groups in total. The van der Waals surface area contributed by atoms with Gasteiger partial charge in [-0.25, -0.2) is 0 Å². The summed E-state index contributed by atoms with van der Waals surface area (Å²) in [4.78, 5) is 12.5. The number of hydrogen-bond acceptors (Lipinski definition) is 4. The molecular weight excluding hydrogens is 304 g/mol. The predicted molar refractivity (Wildman–Crippen MR) is 95.1 cm³/mol. The summed E-state index contributed by atoms with van der Waals surface area (Å²) in [5.74, 6) is 0.646. The van der Waals surface area contributed by atoms with E-state index in [1.165, 1.54) is 7.11 Å². The van der Waals surface area contributed by atoms with E-state index in [1.54, 1.807) is 25.1 Å². The summed E-state index contributed by atoms with van der Waals surface area (Å²) < 4.78 is 11.0. The topological polar surface area (TPSA) is 71.3 Å². The molecule has 0 saturated carbocycles. The largest absolute Gasteiger partial charge is 0.492 e. The number of anilines is 1. The van der Waals surface area contributed by atoms with Crippen LogP contribution in [-0.4, -0.2) is 25.2 Å². The third-order valence-corrected chi connectivity index (χ3v) is 3.84. The summed E-state index contributed by atoms with van der Waals surface area (Å²) in [5, 5.41) is 12.1. The Hall–Kier alpha value is -2.06. The number of unbranched alkanes of at least 4 members (excludes halogenated alkanes) is 1. The molecule has 1 rings (SSSR count). The second-order valence-electron chi connectivity index (χ2n) is 6.51. The Morgan fingerprint density at radius 1 is 1.42 bits per heavy atom. The smallest absolute Gasteiger partial charge is 0.256 e. The van der Waals surface area contributed by atoms with Crippen molar-refractivity contribution in [3.63, 3.8) is 0 Å². The van der Waals surface area contributed by atoms with E-state index < -0.39 is 5.60 Å². The highest BCUT2D eigenvalue weighted by Gasteiger charge is 2.34. The number of carbonyl (C=O) groups excluding carboxylic acids is 1. The molecule has 0 spiro atoms. The summed E-state index contributed by atoms with van der Waals surface area (Å²) in [5.41, 5.74) is 0.0652. The molecule has 0 aliphatic heterocycles. The zero-order valence-corrected chi connectivity index (χ0v) is 15.3. The number of nitriles is 1. The van der Waals surface area contributed by atoms with Crippen molar-refractivity contribution in [3.05, 3.63) is 23.8 Å². The maximum atomic E-state index is 12.5. The van der Waals surface area contributed by atoms with E-state index in [4.69, 9.17) is 9.47 Å². The van der Waals surface area contributed by atoms with Gasteiger partial charge in [0.15, 0.2) is 0 Å². The van der Waals surface area contributed by atoms with Crippen molar-refractivity contribution in [2.75, 3.05) is 19.0 Å². The molecule has 1 amide bonds. The average molecular weight is 332 g/mol. The van der Waals surface area contributed by atoms with Crippen LogP contribution in [0, 0.1) is 17.2 Å². The lowest BCUT2D eigenvalue weighted by atomic mass is 9.93. The number of amides is 1. The molecule has 0 aliphatic rings. The summed E-state index contributed by atoms with van der Waals surface area (Å²) in [6.45, 7) is 8.52. The normalized spacial score (nSPS) is 13.2. The minimum atomic E-state index is -0.905. The van der Waals surface area contributed by atoms with Crippen LogP contribution in [0.3, 0.4) is 0 Å². The SMILES string of the molecule is CCCCOc1ccc(NC(=O)[C@](C)(CC(C)C)OC)cc1C#N. The third-order valence-electron chi connectivity index (χ3n) is 3.84. The number of rotatable bonds is 9. The van der Waals surface area contributed by atoms with E-state index in [0.29, 0.717) is 35.9 Å². The number of nitrogens with one attached hydrogen (secondary N) is 1. The zero-order valence-electron chi connectivity index (χ0n) is 15.3. The Morgan fingerprint density at radius 2 is 2.12 bits per heavy atom. The van der Waals surface area contributed by atoms with E-state index in [2.05, 4.69) is 18.3 Å². The minimum Gasteiger partial charge on any atom is -0.492 e. The molecule has 0 aromatic heterocycles. The first kappa shape index (κ1) is 20.0. The number of carbonyl (C=O) groups is 1. The summed E-state index contributed by atoms with van der Waals surface area (Å²) in [6, 6.07) is 7.20. The lowest BCUT2D eigenvalue weighted by molar-refractivity contribution is -0.137. The fraction of sp³-hybridized carbons (Fsp3) is 0.579. The van der Waals surface area contributed by atoms with Gasteiger partial charge in [-0.3, -0.25) is 4.79 Å². The van der Waals surface area contributed by atoms with E-state index in [-0.39, 0.29) is 5.91 Å².